The molecule has 21 heavy (non-hydrogen) atoms. The summed E-state index contributed by atoms with van der Waals surface area (Å²) >= 11 is 0. The molecule has 1 rings (SSSR count). The molecule has 1 aromatic rings. The monoisotopic (exact) mass is 325 g/mol. The second kappa shape index (κ2) is 7.41. The Kier molecular flexibility index (Phi) is 6.16. The Morgan fingerprint density at radius 3 is 2.19 bits per heavy atom. The third-order valence-corrected chi connectivity index (χ3v) is 4.10. The molecule has 0 aromatic heterocycles. The Bertz CT molecular complexity index is 596. The van der Waals surface area contributed by atoms with E-state index in [1.807, 2.05) is 4.72 Å². The van der Waals surface area contributed by atoms with E-state index in [0.717, 1.165) is 0 Å². The molecule has 9 heteroatoms. The van der Waals surface area contributed by atoms with Gasteiger partial charge in [-0.25, -0.2) is 26.3 Å². The van der Waals surface area contributed by atoms with Crippen LogP contribution < -0.4 is 4.72 Å². The van der Waals surface area contributed by atoms with Gasteiger partial charge in [0.15, 0.2) is 4.90 Å². The van der Waals surface area contributed by atoms with E-state index in [-0.39, 0.29) is 25.1 Å². The lowest BCUT2D eigenvalue weighted by atomic mass is 10.2. The molecule has 118 valence electrons. The van der Waals surface area contributed by atoms with Crippen molar-refractivity contribution in [2.24, 2.45) is 0 Å². The molecule has 0 unspecified atom stereocenters. The molecule has 1 aromatic carbocycles. The number of hydrogen-bond acceptors (Lipinski definition) is 3. The fourth-order valence-corrected chi connectivity index (χ4v) is 2.83. The first-order valence-electron chi connectivity index (χ1n) is 6.10. The fourth-order valence-electron chi connectivity index (χ4n) is 1.64. The number of rotatable bonds is 8. The van der Waals surface area contributed by atoms with Crippen LogP contribution >= 0.6 is 0 Å². The Labute approximate surface area is 119 Å². The fraction of sp³-hybridized carbons (Fsp3) is 0.417. The van der Waals surface area contributed by atoms with E-state index in [2.05, 4.69) is 0 Å². The predicted octanol–water partition coefficient (Wildman–Crippen LogP) is 2.03. The summed E-state index contributed by atoms with van der Waals surface area (Å²) in [4.78, 5) is 9.03. The minimum absolute atomic E-state index is 0.0338. The first-order valence-corrected chi connectivity index (χ1v) is 7.58. The van der Waals surface area contributed by atoms with Crippen LogP contribution in [0.1, 0.15) is 25.7 Å². The highest BCUT2D eigenvalue weighted by Crippen LogP contribution is 2.19. The van der Waals surface area contributed by atoms with E-state index in [1.54, 1.807) is 0 Å². The van der Waals surface area contributed by atoms with Crippen LogP contribution in [0, 0.1) is 17.5 Å². The largest absolute Gasteiger partial charge is 0.481 e. The van der Waals surface area contributed by atoms with Crippen molar-refractivity contribution in [3.8, 4) is 0 Å². The maximum Gasteiger partial charge on any atom is 0.303 e. The van der Waals surface area contributed by atoms with E-state index in [0.29, 0.717) is 19.3 Å². The maximum absolute atomic E-state index is 13.4. The second-order valence-corrected chi connectivity index (χ2v) is 6.00. The third-order valence-electron chi connectivity index (χ3n) is 2.59. The number of sulfonamides is 1. The van der Waals surface area contributed by atoms with Crippen LogP contribution in [0.2, 0.25) is 0 Å². The Balaban J connectivity index is 2.61. The van der Waals surface area contributed by atoms with Gasteiger partial charge < -0.3 is 5.11 Å². The Morgan fingerprint density at radius 2 is 1.67 bits per heavy atom. The molecule has 0 aliphatic carbocycles. The number of hydrogen-bond donors (Lipinski definition) is 2. The highest BCUT2D eigenvalue weighted by molar-refractivity contribution is 7.89. The molecule has 0 atom stereocenters. The van der Waals surface area contributed by atoms with Gasteiger partial charge in [0, 0.05) is 25.1 Å². The molecule has 0 heterocycles. The Morgan fingerprint density at radius 1 is 1.10 bits per heavy atom. The highest BCUT2D eigenvalue weighted by atomic mass is 32.2. The van der Waals surface area contributed by atoms with Crippen LogP contribution in [0.5, 0.6) is 0 Å². The second-order valence-electron chi connectivity index (χ2n) is 4.30. The lowest BCUT2D eigenvalue weighted by Gasteiger charge is -2.08. The number of carbonyl (C=O) groups is 1. The zero-order valence-electron chi connectivity index (χ0n) is 10.9. The number of benzene rings is 1. The number of carboxylic acid groups (broad SMARTS) is 1. The van der Waals surface area contributed by atoms with Crippen molar-refractivity contribution in [3.63, 3.8) is 0 Å². The van der Waals surface area contributed by atoms with Crippen LogP contribution in [0.15, 0.2) is 17.0 Å². The topological polar surface area (TPSA) is 83.5 Å². The molecule has 0 saturated carbocycles. The summed E-state index contributed by atoms with van der Waals surface area (Å²) in [5.41, 5.74) is 0. The number of unbranched alkanes of at least 4 members (excludes halogenated alkanes) is 2. The lowest BCUT2D eigenvalue weighted by Crippen LogP contribution is -2.26. The van der Waals surface area contributed by atoms with Gasteiger partial charge in [-0.3, -0.25) is 4.79 Å². The average Bonchev–Trinajstić information content (AvgIpc) is 2.31. The van der Waals surface area contributed by atoms with Gasteiger partial charge in [0.25, 0.3) is 0 Å². The van der Waals surface area contributed by atoms with Crippen molar-refractivity contribution in [1.29, 1.82) is 0 Å². The summed E-state index contributed by atoms with van der Waals surface area (Å²) in [6, 6.07) is 0.564. The molecule has 0 amide bonds. The van der Waals surface area contributed by atoms with Gasteiger partial charge in [-0.2, -0.15) is 0 Å². The van der Waals surface area contributed by atoms with Crippen LogP contribution in [0.25, 0.3) is 0 Å². The normalized spacial score (nSPS) is 11.6. The van der Waals surface area contributed by atoms with Crippen molar-refractivity contribution < 1.29 is 31.5 Å². The zero-order valence-corrected chi connectivity index (χ0v) is 11.7. The molecule has 5 nitrogen and oxygen atoms in total. The van der Waals surface area contributed by atoms with Crippen molar-refractivity contribution in [2.45, 2.75) is 30.6 Å². The van der Waals surface area contributed by atoms with Gasteiger partial charge in [-0.1, -0.05) is 6.42 Å². The summed E-state index contributed by atoms with van der Waals surface area (Å²) in [7, 11) is -4.42. The smallest absolute Gasteiger partial charge is 0.303 e. The quantitative estimate of drug-likeness (QED) is 0.716. The number of aliphatic carboxylic acids is 1. The van der Waals surface area contributed by atoms with Gasteiger partial charge in [-0.15, -0.1) is 0 Å². The SMILES string of the molecule is O=C(O)CCCCCNS(=O)(=O)c1c(F)cc(F)cc1F. The standard InChI is InChI=1S/C12H14F3NO4S/c13-8-6-9(14)12(10(15)7-8)21(19,20)16-5-3-1-2-4-11(17)18/h6-7,16H,1-5H2,(H,17,18). The molecule has 0 aliphatic rings. The van der Waals surface area contributed by atoms with Gasteiger partial charge in [-0.05, 0) is 12.8 Å². The average molecular weight is 325 g/mol. The van der Waals surface area contributed by atoms with E-state index >= 15 is 0 Å². The summed E-state index contributed by atoms with van der Waals surface area (Å²) in [5.74, 6) is -5.18. The van der Waals surface area contributed by atoms with Crippen LogP contribution in [0.3, 0.4) is 0 Å². The van der Waals surface area contributed by atoms with Gasteiger partial charge in [0.1, 0.15) is 17.5 Å². The minimum atomic E-state index is -4.42. The summed E-state index contributed by atoms with van der Waals surface area (Å²) in [5, 5.41) is 8.41. The van der Waals surface area contributed by atoms with Crippen molar-refractivity contribution in [2.75, 3.05) is 6.54 Å². The molecule has 0 aliphatic heterocycles. The first-order chi connectivity index (χ1) is 9.74. The van der Waals surface area contributed by atoms with E-state index < -0.39 is 38.3 Å². The van der Waals surface area contributed by atoms with Crippen LogP contribution in [0.4, 0.5) is 13.2 Å². The molecular weight excluding hydrogens is 311 g/mol. The molecule has 2 N–H and O–H groups in total. The van der Waals surface area contributed by atoms with E-state index in [1.165, 1.54) is 0 Å². The van der Waals surface area contributed by atoms with Crippen molar-refractivity contribution >= 4 is 16.0 Å². The van der Waals surface area contributed by atoms with Crippen LogP contribution in [-0.2, 0) is 14.8 Å². The van der Waals surface area contributed by atoms with Crippen molar-refractivity contribution in [3.05, 3.63) is 29.6 Å². The Hall–Kier alpha value is -1.61. The predicted molar refractivity (Wildman–Crippen MR) is 67.6 cm³/mol. The number of carboxylic acids is 1. The molecular formula is C12H14F3NO4S. The highest BCUT2D eigenvalue weighted by Gasteiger charge is 2.24. The summed E-state index contributed by atoms with van der Waals surface area (Å²) < 4.78 is 64.9. The molecule has 0 spiro atoms. The minimum Gasteiger partial charge on any atom is -0.481 e. The molecule has 0 fully saturated rings. The van der Waals surface area contributed by atoms with Crippen LogP contribution in [-0.4, -0.2) is 26.0 Å². The summed E-state index contributed by atoms with van der Waals surface area (Å²) in [6.45, 7) is -0.0990. The zero-order chi connectivity index (χ0) is 16.0. The first kappa shape index (κ1) is 17.4. The van der Waals surface area contributed by atoms with Gasteiger partial charge >= 0.3 is 5.97 Å². The number of nitrogens with one attached hydrogen (secondary N) is 1. The lowest BCUT2D eigenvalue weighted by molar-refractivity contribution is -0.137. The molecule has 0 saturated heterocycles. The van der Waals surface area contributed by atoms with Gasteiger partial charge in [0.2, 0.25) is 10.0 Å². The number of halogens is 3. The van der Waals surface area contributed by atoms with Gasteiger partial charge in [0.05, 0.1) is 0 Å². The molecule has 0 radical (unpaired) electrons. The maximum atomic E-state index is 13.4. The molecule has 0 bridgehead atoms. The van der Waals surface area contributed by atoms with E-state index in [9.17, 15) is 26.4 Å². The van der Waals surface area contributed by atoms with E-state index in [4.69, 9.17) is 5.11 Å². The summed E-state index contributed by atoms with van der Waals surface area (Å²) in [6.07, 6.45) is 1.10. The van der Waals surface area contributed by atoms with Crippen molar-refractivity contribution in [1.82, 2.24) is 4.72 Å². The third kappa shape index (κ3) is 5.35.